The molecule has 0 spiro atoms. The number of aliphatic hydroxyl groups is 1. The minimum absolute atomic E-state index is 0.0284. The van der Waals surface area contributed by atoms with E-state index in [0.29, 0.717) is 6.54 Å². The van der Waals surface area contributed by atoms with Gasteiger partial charge in [0.15, 0.2) is 0 Å². The lowest BCUT2D eigenvalue weighted by Crippen LogP contribution is -2.50. The summed E-state index contributed by atoms with van der Waals surface area (Å²) in [4.78, 5) is 17.0. The molecule has 0 bridgehead atoms. The van der Waals surface area contributed by atoms with Crippen molar-refractivity contribution in [2.24, 2.45) is 0 Å². The Kier molecular flexibility index (Phi) is 4.83. The van der Waals surface area contributed by atoms with E-state index in [9.17, 15) is 4.79 Å². The van der Waals surface area contributed by atoms with Crippen LogP contribution in [0.15, 0.2) is 24.3 Å². The van der Waals surface area contributed by atoms with E-state index >= 15 is 0 Å². The molecule has 2 aliphatic heterocycles. The quantitative estimate of drug-likeness (QED) is 0.910. The molecule has 1 atom stereocenters. The highest BCUT2D eigenvalue weighted by atomic mass is 32.2. The molecule has 4 nitrogen and oxygen atoms in total. The topological polar surface area (TPSA) is 43.8 Å². The third-order valence-corrected chi connectivity index (χ3v) is 5.55. The van der Waals surface area contributed by atoms with Gasteiger partial charge < -0.3 is 10.0 Å². The van der Waals surface area contributed by atoms with Gasteiger partial charge in [0, 0.05) is 32.7 Å². The first-order chi connectivity index (χ1) is 10.3. The fraction of sp³-hybridized carbons (Fsp3) is 0.562. The zero-order valence-corrected chi connectivity index (χ0v) is 13.0. The molecule has 1 fully saturated rings. The van der Waals surface area contributed by atoms with Crippen LogP contribution < -0.4 is 0 Å². The van der Waals surface area contributed by atoms with Gasteiger partial charge in [0.1, 0.15) is 5.25 Å². The average Bonchev–Trinajstić information content (AvgIpc) is 2.55. The van der Waals surface area contributed by atoms with E-state index in [2.05, 4.69) is 23.1 Å². The van der Waals surface area contributed by atoms with E-state index < -0.39 is 0 Å². The van der Waals surface area contributed by atoms with Gasteiger partial charge in [-0.2, -0.15) is 0 Å². The Hall–Kier alpha value is -1.04. The van der Waals surface area contributed by atoms with Crippen LogP contribution in [0.5, 0.6) is 0 Å². The molecule has 2 heterocycles. The summed E-state index contributed by atoms with van der Waals surface area (Å²) in [5.41, 5.74) is 2.53. The summed E-state index contributed by atoms with van der Waals surface area (Å²) < 4.78 is 0. The van der Waals surface area contributed by atoms with Crippen molar-refractivity contribution in [2.75, 3.05) is 45.1 Å². The molecule has 0 radical (unpaired) electrons. The van der Waals surface area contributed by atoms with Crippen molar-refractivity contribution >= 4 is 17.7 Å². The Morgan fingerprint density at radius 2 is 2.00 bits per heavy atom. The second-order valence-electron chi connectivity index (χ2n) is 5.59. The highest BCUT2D eigenvalue weighted by Crippen LogP contribution is 2.38. The Balaban J connectivity index is 1.67. The fourth-order valence-electron chi connectivity index (χ4n) is 3.10. The minimum atomic E-state index is -0.0284. The summed E-state index contributed by atoms with van der Waals surface area (Å²) in [7, 11) is 0. The number of rotatable bonds is 3. The standard InChI is InChI=1S/C16H22N2O2S/c19-11-10-17-6-8-18(9-7-17)16(20)15-14-4-2-1-3-13(14)5-12-21-15/h1-4,15,19H,5-12H2. The highest BCUT2D eigenvalue weighted by molar-refractivity contribution is 8.00. The third-order valence-electron chi connectivity index (χ3n) is 4.32. The van der Waals surface area contributed by atoms with Crippen LogP contribution in [0, 0.1) is 0 Å². The van der Waals surface area contributed by atoms with E-state index in [0.717, 1.165) is 38.4 Å². The van der Waals surface area contributed by atoms with Gasteiger partial charge in [-0.05, 0) is 23.3 Å². The SMILES string of the molecule is O=C(C1SCCc2ccccc21)N1CCN(CCO)CC1. The zero-order chi connectivity index (χ0) is 14.7. The number of aryl methyl sites for hydroxylation is 1. The smallest absolute Gasteiger partial charge is 0.240 e. The maximum Gasteiger partial charge on any atom is 0.240 e. The first kappa shape index (κ1) is 14.9. The number of hydrogen-bond acceptors (Lipinski definition) is 4. The Labute approximate surface area is 130 Å². The lowest BCUT2D eigenvalue weighted by Gasteiger charge is -2.37. The monoisotopic (exact) mass is 306 g/mol. The van der Waals surface area contributed by atoms with E-state index in [1.165, 1.54) is 11.1 Å². The molecule has 0 aromatic heterocycles. The normalized spacial score (nSPS) is 22.9. The molecule has 1 amide bonds. The number of benzene rings is 1. The summed E-state index contributed by atoms with van der Waals surface area (Å²) in [6, 6.07) is 8.34. The molecule has 1 unspecified atom stereocenters. The molecule has 0 saturated carbocycles. The van der Waals surface area contributed by atoms with Crippen molar-refractivity contribution in [3.63, 3.8) is 0 Å². The van der Waals surface area contributed by atoms with Crippen LogP contribution in [0.4, 0.5) is 0 Å². The molecular formula is C16H22N2O2S. The number of fused-ring (bicyclic) bond motifs is 1. The molecule has 3 rings (SSSR count). The number of piperazine rings is 1. The molecular weight excluding hydrogens is 284 g/mol. The van der Waals surface area contributed by atoms with E-state index in [1.54, 1.807) is 11.8 Å². The van der Waals surface area contributed by atoms with Gasteiger partial charge in [-0.15, -0.1) is 11.8 Å². The van der Waals surface area contributed by atoms with Crippen LogP contribution in [-0.4, -0.2) is 65.9 Å². The molecule has 5 heteroatoms. The van der Waals surface area contributed by atoms with Crippen molar-refractivity contribution in [3.05, 3.63) is 35.4 Å². The van der Waals surface area contributed by atoms with Gasteiger partial charge in [-0.1, -0.05) is 24.3 Å². The van der Waals surface area contributed by atoms with Crippen molar-refractivity contribution in [1.29, 1.82) is 0 Å². The fourth-order valence-corrected chi connectivity index (χ4v) is 4.37. The van der Waals surface area contributed by atoms with Gasteiger partial charge in [-0.25, -0.2) is 0 Å². The van der Waals surface area contributed by atoms with E-state index in [4.69, 9.17) is 5.11 Å². The second kappa shape index (κ2) is 6.81. The van der Waals surface area contributed by atoms with E-state index in [-0.39, 0.29) is 17.8 Å². The number of thioether (sulfide) groups is 1. The van der Waals surface area contributed by atoms with Crippen LogP contribution >= 0.6 is 11.8 Å². The zero-order valence-electron chi connectivity index (χ0n) is 12.2. The van der Waals surface area contributed by atoms with Crippen LogP contribution in [0.2, 0.25) is 0 Å². The number of carbonyl (C=O) groups excluding carboxylic acids is 1. The van der Waals surface area contributed by atoms with Crippen LogP contribution in [0.25, 0.3) is 0 Å². The molecule has 1 saturated heterocycles. The van der Waals surface area contributed by atoms with Gasteiger partial charge in [0.2, 0.25) is 5.91 Å². The lowest BCUT2D eigenvalue weighted by atomic mass is 10.0. The number of β-amino-alcohol motifs (C(OH)–C–C–N with tert-alkyl or cyclic N) is 1. The summed E-state index contributed by atoms with van der Waals surface area (Å²) >= 11 is 1.77. The molecule has 0 aliphatic carbocycles. The van der Waals surface area contributed by atoms with Crippen molar-refractivity contribution in [2.45, 2.75) is 11.7 Å². The second-order valence-corrected chi connectivity index (χ2v) is 6.80. The number of aliphatic hydroxyl groups excluding tert-OH is 1. The first-order valence-electron chi connectivity index (χ1n) is 7.61. The average molecular weight is 306 g/mol. The van der Waals surface area contributed by atoms with Crippen molar-refractivity contribution < 1.29 is 9.90 Å². The first-order valence-corrected chi connectivity index (χ1v) is 8.66. The van der Waals surface area contributed by atoms with Gasteiger partial charge in [0.05, 0.1) is 6.61 Å². The molecule has 2 aliphatic rings. The van der Waals surface area contributed by atoms with E-state index in [1.807, 2.05) is 11.0 Å². The number of amides is 1. The number of nitrogens with zero attached hydrogens (tertiary/aromatic N) is 2. The maximum absolute atomic E-state index is 12.8. The van der Waals surface area contributed by atoms with Crippen LogP contribution in [0.3, 0.4) is 0 Å². The molecule has 114 valence electrons. The molecule has 21 heavy (non-hydrogen) atoms. The largest absolute Gasteiger partial charge is 0.395 e. The Morgan fingerprint density at radius 3 is 2.76 bits per heavy atom. The summed E-state index contributed by atoms with van der Waals surface area (Å²) in [5, 5.41) is 8.95. The van der Waals surface area contributed by atoms with Gasteiger partial charge >= 0.3 is 0 Å². The predicted molar refractivity (Wildman–Crippen MR) is 85.5 cm³/mol. The molecule has 1 aromatic rings. The van der Waals surface area contributed by atoms with Crippen molar-refractivity contribution in [1.82, 2.24) is 9.80 Å². The van der Waals surface area contributed by atoms with Crippen LogP contribution in [0.1, 0.15) is 16.4 Å². The van der Waals surface area contributed by atoms with Crippen molar-refractivity contribution in [3.8, 4) is 0 Å². The van der Waals surface area contributed by atoms with Gasteiger partial charge in [0.25, 0.3) is 0 Å². The van der Waals surface area contributed by atoms with Gasteiger partial charge in [-0.3, -0.25) is 9.69 Å². The summed E-state index contributed by atoms with van der Waals surface area (Å²) in [5.74, 6) is 1.29. The number of hydrogen-bond donors (Lipinski definition) is 1. The summed E-state index contributed by atoms with van der Waals surface area (Å²) in [6.45, 7) is 4.19. The Morgan fingerprint density at radius 1 is 1.24 bits per heavy atom. The third kappa shape index (κ3) is 3.25. The summed E-state index contributed by atoms with van der Waals surface area (Å²) in [6.07, 6.45) is 1.06. The van der Waals surface area contributed by atoms with Crippen LogP contribution in [-0.2, 0) is 11.2 Å². The Bertz CT molecular complexity index is 501. The highest BCUT2D eigenvalue weighted by Gasteiger charge is 2.31. The maximum atomic E-state index is 12.8. The molecule has 1 aromatic carbocycles. The molecule has 1 N–H and O–H groups in total. The minimum Gasteiger partial charge on any atom is -0.395 e. The number of carbonyl (C=O) groups is 1. The predicted octanol–water partition coefficient (Wildman–Crippen LogP) is 1.15. The lowest BCUT2D eigenvalue weighted by molar-refractivity contribution is -0.132.